The molecule has 0 bridgehead atoms. The molecule has 0 unspecified atom stereocenters. The summed E-state index contributed by atoms with van der Waals surface area (Å²) in [6, 6.07) is 9.55. The van der Waals surface area contributed by atoms with Crippen LogP contribution in [0.2, 0.25) is 0 Å². The molecular weight excluding hydrogens is 338 g/mol. The molecular formula is C22H29N3O2. The molecule has 1 heterocycles. The Bertz CT molecular complexity index is 823. The molecule has 1 N–H and O–H groups in total. The van der Waals surface area contributed by atoms with Crippen molar-refractivity contribution in [3.63, 3.8) is 0 Å². The van der Waals surface area contributed by atoms with Gasteiger partial charge in [-0.3, -0.25) is 14.5 Å². The zero-order valence-electron chi connectivity index (χ0n) is 16.5. The van der Waals surface area contributed by atoms with Crippen LogP contribution in [0.1, 0.15) is 53.3 Å². The van der Waals surface area contributed by atoms with E-state index in [0.29, 0.717) is 24.2 Å². The van der Waals surface area contributed by atoms with Crippen LogP contribution in [0.15, 0.2) is 30.3 Å². The van der Waals surface area contributed by atoms with E-state index in [9.17, 15) is 9.59 Å². The molecule has 5 nitrogen and oxygen atoms in total. The fraction of sp³-hybridized carbons (Fsp3) is 0.455. The molecule has 27 heavy (non-hydrogen) atoms. The van der Waals surface area contributed by atoms with Crippen molar-refractivity contribution in [3.8, 4) is 0 Å². The minimum Gasteiger partial charge on any atom is -0.385 e. The number of nitrogens with one attached hydrogen (secondary N) is 1. The molecule has 2 aromatic carbocycles. The van der Waals surface area contributed by atoms with E-state index in [0.717, 1.165) is 29.4 Å². The predicted octanol–water partition coefficient (Wildman–Crippen LogP) is 3.99. The highest BCUT2D eigenvalue weighted by Crippen LogP contribution is 2.34. The van der Waals surface area contributed by atoms with Gasteiger partial charge in [0.1, 0.15) is 0 Å². The Hall–Kier alpha value is -2.40. The number of likely N-dealkylation sites (N-methyl/N-ethyl adjacent to an activating group) is 1. The van der Waals surface area contributed by atoms with Gasteiger partial charge in [-0.25, -0.2) is 0 Å². The highest BCUT2D eigenvalue weighted by atomic mass is 16.2. The number of imide groups is 1. The summed E-state index contributed by atoms with van der Waals surface area (Å²) < 4.78 is 0. The molecule has 2 aromatic rings. The number of unbranched alkanes of at least 4 members (excludes halogenated alkanes) is 3. The summed E-state index contributed by atoms with van der Waals surface area (Å²) in [5.74, 6) is -0.389. The van der Waals surface area contributed by atoms with E-state index in [1.54, 1.807) is 0 Å². The zero-order chi connectivity index (χ0) is 19.4. The van der Waals surface area contributed by atoms with Crippen LogP contribution in [-0.4, -0.2) is 55.3 Å². The number of carbonyl (C=O) groups excluding carboxylic acids is 2. The Kier molecular flexibility index (Phi) is 6.11. The van der Waals surface area contributed by atoms with E-state index in [4.69, 9.17) is 0 Å². The van der Waals surface area contributed by atoms with Crippen molar-refractivity contribution in [2.75, 3.05) is 39.0 Å². The second-order valence-corrected chi connectivity index (χ2v) is 7.44. The smallest absolute Gasteiger partial charge is 0.261 e. The minimum atomic E-state index is -0.194. The fourth-order valence-corrected chi connectivity index (χ4v) is 3.58. The Morgan fingerprint density at radius 3 is 2.41 bits per heavy atom. The van der Waals surface area contributed by atoms with Gasteiger partial charge < -0.3 is 10.2 Å². The first kappa shape index (κ1) is 19.4. The van der Waals surface area contributed by atoms with Crippen molar-refractivity contribution in [3.05, 3.63) is 41.5 Å². The lowest BCUT2D eigenvalue weighted by Gasteiger charge is -2.28. The second-order valence-electron chi connectivity index (χ2n) is 7.44. The number of benzene rings is 2. The Morgan fingerprint density at radius 2 is 1.70 bits per heavy atom. The number of hydrogen-bond acceptors (Lipinski definition) is 4. The lowest BCUT2D eigenvalue weighted by atomic mass is 9.93. The molecule has 0 radical (unpaired) electrons. The van der Waals surface area contributed by atoms with Crippen molar-refractivity contribution < 1.29 is 9.59 Å². The third-order valence-electron chi connectivity index (χ3n) is 5.11. The Morgan fingerprint density at radius 1 is 0.963 bits per heavy atom. The molecule has 1 aliphatic heterocycles. The van der Waals surface area contributed by atoms with Crippen LogP contribution < -0.4 is 5.32 Å². The molecule has 0 aromatic heterocycles. The molecule has 0 spiro atoms. The maximum atomic E-state index is 12.9. The average molecular weight is 367 g/mol. The molecule has 0 saturated heterocycles. The number of nitrogens with zero attached hydrogens (tertiary/aromatic N) is 2. The number of carbonyl (C=O) groups is 2. The molecule has 0 fully saturated rings. The van der Waals surface area contributed by atoms with Gasteiger partial charge in [0.25, 0.3) is 11.8 Å². The van der Waals surface area contributed by atoms with Crippen LogP contribution in [0.4, 0.5) is 5.69 Å². The second kappa shape index (κ2) is 8.53. The van der Waals surface area contributed by atoms with Gasteiger partial charge in [0.05, 0.1) is 0 Å². The largest absolute Gasteiger partial charge is 0.385 e. The molecule has 0 aliphatic carbocycles. The molecule has 144 valence electrons. The molecule has 0 atom stereocenters. The molecule has 1 aliphatic rings. The first-order chi connectivity index (χ1) is 13.0. The number of anilines is 1. The van der Waals surface area contributed by atoms with Crippen molar-refractivity contribution in [1.82, 2.24) is 9.80 Å². The van der Waals surface area contributed by atoms with Crippen molar-refractivity contribution >= 4 is 28.3 Å². The van der Waals surface area contributed by atoms with Crippen molar-refractivity contribution in [2.45, 2.75) is 32.6 Å². The lowest BCUT2D eigenvalue weighted by molar-refractivity contribution is 0.0601. The van der Waals surface area contributed by atoms with Crippen molar-refractivity contribution in [1.29, 1.82) is 0 Å². The normalized spacial score (nSPS) is 13.7. The fourth-order valence-electron chi connectivity index (χ4n) is 3.58. The number of amides is 2. The van der Waals surface area contributed by atoms with Gasteiger partial charge in [0.2, 0.25) is 0 Å². The predicted molar refractivity (Wildman–Crippen MR) is 111 cm³/mol. The van der Waals surface area contributed by atoms with Crippen LogP contribution in [0.25, 0.3) is 10.8 Å². The molecule has 3 rings (SSSR count). The zero-order valence-corrected chi connectivity index (χ0v) is 16.5. The third kappa shape index (κ3) is 3.98. The monoisotopic (exact) mass is 367 g/mol. The average Bonchev–Trinajstić information content (AvgIpc) is 2.66. The summed E-state index contributed by atoms with van der Waals surface area (Å²) in [5, 5.41) is 5.22. The van der Waals surface area contributed by atoms with Crippen LogP contribution in [0.3, 0.4) is 0 Å². The molecule has 2 amide bonds. The standard InChI is InChI=1S/C22H29N3O2/c1-4-5-6-7-13-23-19-12-11-18-20-16(19)9-8-10-17(20)21(26)25(22(18)27)15-14-24(2)3/h8-12,23H,4-7,13-15H2,1-3H3. The first-order valence-electron chi connectivity index (χ1n) is 9.85. The Balaban J connectivity index is 1.90. The minimum absolute atomic E-state index is 0.194. The lowest BCUT2D eigenvalue weighted by Crippen LogP contribution is -2.43. The first-order valence-corrected chi connectivity index (χ1v) is 9.85. The van der Waals surface area contributed by atoms with Gasteiger partial charge in [0.15, 0.2) is 0 Å². The van der Waals surface area contributed by atoms with Crippen LogP contribution in [0, 0.1) is 0 Å². The summed E-state index contributed by atoms with van der Waals surface area (Å²) in [4.78, 5) is 29.2. The quantitative estimate of drug-likeness (QED) is 0.538. The maximum Gasteiger partial charge on any atom is 0.261 e. The van der Waals surface area contributed by atoms with E-state index in [2.05, 4.69) is 12.2 Å². The van der Waals surface area contributed by atoms with Gasteiger partial charge in [-0.15, -0.1) is 0 Å². The summed E-state index contributed by atoms with van der Waals surface area (Å²) in [6.07, 6.45) is 4.79. The summed E-state index contributed by atoms with van der Waals surface area (Å²) in [7, 11) is 3.87. The highest BCUT2D eigenvalue weighted by molar-refractivity contribution is 6.26. The summed E-state index contributed by atoms with van der Waals surface area (Å²) >= 11 is 0. The third-order valence-corrected chi connectivity index (χ3v) is 5.11. The van der Waals surface area contributed by atoms with Crippen LogP contribution >= 0.6 is 0 Å². The SMILES string of the molecule is CCCCCCNc1ccc2c3c(cccc13)C(=O)N(CCN(C)C)C2=O. The highest BCUT2D eigenvalue weighted by Gasteiger charge is 2.32. The van der Waals surface area contributed by atoms with E-state index in [1.165, 1.54) is 24.2 Å². The molecule has 0 saturated carbocycles. The van der Waals surface area contributed by atoms with Gasteiger partial charge >= 0.3 is 0 Å². The van der Waals surface area contributed by atoms with Gasteiger partial charge in [-0.05, 0) is 38.7 Å². The molecule has 5 heteroatoms. The maximum absolute atomic E-state index is 12.9. The van der Waals surface area contributed by atoms with E-state index < -0.39 is 0 Å². The van der Waals surface area contributed by atoms with Gasteiger partial charge in [-0.1, -0.05) is 38.3 Å². The topological polar surface area (TPSA) is 52.7 Å². The number of rotatable bonds is 9. The van der Waals surface area contributed by atoms with Crippen LogP contribution in [-0.2, 0) is 0 Å². The van der Waals surface area contributed by atoms with E-state index in [1.807, 2.05) is 49.3 Å². The Labute approximate surface area is 161 Å². The van der Waals surface area contributed by atoms with E-state index in [-0.39, 0.29) is 11.8 Å². The van der Waals surface area contributed by atoms with Gasteiger partial charge in [0, 0.05) is 47.2 Å². The summed E-state index contributed by atoms with van der Waals surface area (Å²) in [6.45, 7) is 4.16. The number of hydrogen-bond donors (Lipinski definition) is 1. The van der Waals surface area contributed by atoms with Crippen molar-refractivity contribution in [2.24, 2.45) is 0 Å². The van der Waals surface area contributed by atoms with Gasteiger partial charge in [-0.2, -0.15) is 0 Å². The van der Waals surface area contributed by atoms with E-state index >= 15 is 0 Å². The summed E-state index contributed by atoms with van der Waals surface area (Å²) in [5.41, 5.74) is 2.24. The van der Waals surface area contributed by atoms with Crippen LogP contribution in [0.5, 0.6) is 0 Å².